The largest absolute Gasteiger partial charge is 0.375 e. The topological polar surface area (TPSA) is 88.0 Å². The van der Waals surface area contributed by atoms with Crippen molar-refractivity contribution in [2.75, 3.05) is 30.4 Å². The Morgan fingerprint density at radius 1 is 1.14 bits per heavy atom. The van der Waals surface area contributed by atoms with E-state index in [4.69, 9.17) is 0 Å². The molecule has 0 aliphatic heterocycles. The fraction of sp³-hybridized carbons (Fsp3) is 0.333. The van der Waals surface area contributed by atoms with Crippen molar-refractivity contribution in [2.45, 2.75) is 25.3 Å². The minimum atomic E-state index is -0.206. The summed E-state index contributed by atoms with van der Waals surface area (Å²) in [6, 6.07) is 18.0. The van der Waals surface area contributed by atoms with E-state index in [1.54, 1.807) is 0 Å². The summed E-state index contributed by atoms with van der Waals surface area (Å²) in [5.41, 5.74) is 2.85. The zero-order valence-corrected chi connectivity index (χ0v) is 16.5. The van der Waals surface area contributed by atoms with Crippen LogP contribution in [0, 0.1) is 0 Å². The second-order valence-corrected chi connectivity index (χ2v) is 7.25. The molecule has 2 N–H and O–H groups in total. The molecular weight excluding hydrogens is 366 g/mol. The quantitative estimate of drug-likeness (QED) is 0.575. The maximum atomic E-state index is 12.1. The Balaban J connectivity index is 1.22. The molecule has 1 heterocycles. The Kier molecular flexibility index (Phi) is 5.69. The first-order valence-electron chi connectivity index (χ1n) is 9.90. The molecule has 0 bridgehead atoms. The average Bonchev–Trinajstić information content (AvgIpc) is 3.48. The summed E-state index contributed by atoms with van der Waals surface area (Å²) in [4.78, 5) is 14.3. The van der Waals surface area contributed by atoms with Crippen molar-refractivity contribution in [1.82, 2.24) is 25.5 Å². The van der Waals surface area contributed by atoms with Crippen molar-refractivity contribution >= 4 is 17.4 Å². The molecule has 1 fully saturated rings. The van der Waals surface area contributed by atoms with E-state index in [1.165, 1.54) is 5.69 Å². The first kappa shape index (κ1) is 18.9. The van der Waals surface area contributed by atoms with Crippen LogP contribution in [0.2, 0.25) is 0 Å². The standard InChI is InChI=1S/C21H25N7O/c1-27(18-6-3-2-4-7-18)15-5-14-22-21(29)23-17-10-8-16(9-11-17)20-24-25-26-28(20)19-12-13-19/h2-4,6-11,19H,5,12-15H2,1H3,(H2,22,23,29). The van der Waals surface area contributed by atoms with Crippen LogP contribution in [0.4, 0.5) is 16.2 Å². The molecule has 0 spiro atoms. The lowest BCUT2D eigenvalue weighted by atomic mass is 10.2. The number of para-hydroxylation sites is 1. The van der Waals surface area contributed by atoms with Crippen molar-refractivity contribution in [1.29, 1.82) is 0 Å². The molecule has 8 nitrogen and oxygen atoms in total. The molecule has 1 saturated carbocycles. The number of amides is 2. The minimum Gasteiger partial charge on any atom is -0.375 e. The summed E-state index contributed by atoms with van der Waals surface area (Å²) < 4.78 is 1.88. The molecule has 1 aliphatic rings. The van der Waals surface area contributed by atoms with E-state index < -0.39 is 0 Å². The number of nitrogens with one attached hydrogen (secondary N) is 2. The molecule has 1 aliphatic carbocycles. The van der Waals surface area contributed by atoms with Gasteiger partial charge in [-0.3, -0.25) is 0 Å². The molecule has 0 radical (unpaired) electrons. The number of aromatic nitrogens is 4. The SMILES string of the molecule is CN(CCCNC(=O)Nc1ccc(-c2nnnn2C2CC2)cc1)c1ccccc1. The van der Waals surface area contributed by atoms with Crippen molar-refractivity contribution in [3.63, 3.8) is 0 Å². The van der Waals surface area contributed by atoms with Crippen molar-refractivity contribution in [3.05, 3.63) is 54.6 Å². The van der Waals surface area contributed by atoms with Crippen LogP contribution < -0.4 is 15.5 Å². The summed E-state index contributed by atoms with van der Waals surface area (Å²) in [7, 11) is 2.05. The second-order valence-electron chi connectivity index (χ2n) is 7.25. The zero-order chi connectivity index (χ0) is 20.1. The lowest BCUT2D eigenvalue weighted by Crippen LogP contribution is -2.31. The van der Waals surface area contributed by atoms with Crippen LogP contribution in [-0.2, 0) is 0 Å². The van der Waals surface area contributed by atoms with Gasteiger partial charge in [0.05, 0.1) is 6.04 Å². The van der Waals surface area contributed by atoms with Gasteiger partial charge in [0.1, 0.15) is 0 Å². The number of benzene rings is 2. The maximum absolute atomic E-state index is 12.1. The Hall–Kier alpha value is -3.42. The van der Waals surface area contributed by atoms with Crippen LogP contribution in [0.1, 0.15) is 25.3 Å². The fourth-order valence-corrected chi connectivity index (χ4v) is 3.16. The van der Waals surface area contributed by atoms with Crippen LogP contribution in [-0.4, -0.2) is 46.4 Å². The molecule has 29 heavy (non-hydrogen) atoms. The van der Waals surface area contributed by atoms with E-state index in [0.717, 1.165) is 42.9 Å². The van der Waals surface area contributed by atoms with Crippen LogP contribution in [0.3, 0.4) is 0 Å². The van der Waals surface area contributed by atoms with E-state index in [9.17, 15) is 4.79 Å². The molecule has 3 aromatic rings. The van der Waals surface area contributed by atoms with Crippen LogP contribution in [0.5, 0.6) is 0 Å². The summed E-state index contributed by atoms with van der Waals surface area (Å²) in [6.07, 6.45) is 3.11. The Morgan fingerprint density at radius 3 is 2.62 bits per heavy atom. The molecule has 0 atom stereocenters. The predicted molar refractivity (Wildman–Crippen MR) is 113 cm³/mol. The molecule has 0 saturated heterocycles. The zero-order valence-electron chi connectivity index (χ0n) is 16.5. The third-order valence-corrected chi connectivity index (χ3v) is 4.94. The average molecular weight is 391 g/mol. The number of carbonyl (C=O) groups excluding carboxylic acids is 1. The van der Waals surface area contributed by atoms with E-state index >= 15 is 0 Å². The number of urea groups is 1. The van der Waals surface area contributed by atoms with Crippen LogP contribution in [0.25, 0.3) is 11.4 Å². The molecule has 1 aromatic heterocycles. The van der Waals surface area contributed by atoms with Crippen molar-refractivity contribution < 1.29 is 4.79 Å². The van der Waals surface area contributed by atoms with Crippen LogP contribution >= 0.6 is 0 Å². The Labute approximate surface area is 169 Å². The van der Waals surface area contributed by atoms with Gasteiger partial charge in [-0.2, -0.15) is 0 Å². The first-order chi connectivity index (χ1) is 14.2. The molecule has 2 amide bonds. The summed E-state index contributed by atoms with van der Waals surface area (Å²) >= 11 is 0. The van der Waals surface area contributed by atoms with Crippen molar-refractivity contribution in [2.24, 2.45) is 0 Å². The highest BCUT2D eigenvalue weighted by Crippen LogP contribution is 2.36. The number of rotatable bonds is 8. The summed E-state index contributed by atoms with van der Waals surface area (Å²) in [6.45, 7) is 1.48. The molecular formula is C21H25N7O. The van der Waals surface area contributed by atoms with Gasteiger partial charge in [-0.15, -0.1) is 5.10 Å². The highest BCUT2D eigenvalue weighted by atomic mass is 16.2. The van der Waals surface area contributed by atoms with Gasteiger partial charge in [0, 0.05) is 37.1 Å². The fourth-order valence-electron chi connectivity index (χ4n) is 3.16. The number of hydrogen-bond acceptors (Lipinski definition) is 5. The predicted octanol–water partition coefficient (Wildman–Crippen LogP) is 3.32. The minimum absolute atomic E-state index is 0.206. The molecule has 2 aromatic carbocycles. The van der Waals surface area contributed by atoms with Gasteiger partial charge < -0.3 is 15.5 Å². The summed E-state index contributed by atoms with van der Waals surface area (Å²) in [5, 5.41) is 17.7. The van der Waals surface area contributed by atoms with Gasteiger partial charge in [0.25, 0.3) is 0 Å². The van der Waals surface area contributed by atoms with Gasteiger partial charge in [-0.05, 0) is 66.1 Å². The van der Waals surface area contributed by atoms with Gasteiger partial charge in [-0.1, -0.05) is 18.2 Å². The highest BCUT2D eigenvalue weighted by molar-refractivity contribution is 5.89. The van der Waals surface area contributed by atoms with E-state index in [2.05, 4.69) is 50.2 Å². The lowest BCUT2D eigenvalue weighted by molar-refractivity contribution is 0.252. The van der Waals surface area contributed by atoms with Gasteiger partial charge >= 0.3 is 6.03 Å². The van der Waals surface area contributed by atoms with E-state index in [0.29, 0.717) is 12.6 Å². The van der Waals surface area contributed by atoms with Crippen LogP contribution in [0.15, 0.2) is 54.6 Å². The van der Waals surface area contributed by atoms with Gasteiger partial charge in [0.15, 0.2) is 5.82 Å². The number of tetrazole rings is 1. The normalized spacial score (nSPS) is 13.1. The third kappa shape index (κ3) is 4.90. The third-order valence-electron chi connectivity index (χ3n) is 4.94. The smallest absolute Gasteiger partial charge is 0.319 e. The molecule has 4 rings (SSSR count). The number of carbonyl (C=O) groups is 1. The Morgan fingerprint density at radius 2 is 1.90 bits per heavy atom. The molecule has 150 valence electrons. The number of anilines is 2. The van der Waals surface area contributed by atoms with E-state index in [1.807, 2.05) is 47.1 Å². The van der Waals surface area contributed by atoms with E-state index in [-0.39, 0.29) is 6.03 Å². The van der Waals surface area contributed by atoms with Crippen molar-refractivity contribution in [3.8, 4) is 11.4 Å². The lowest BCUT2D eigenvalue weighted by Gasteiger charge is -2.19. The monoisotopic (exact) mass is 391 g/mol. The summed E-state index contributed by atoms with van der Waals surface area (Å²) in [5.74, 6) is 0.769. The first-order valence-corrected chi connectivity index (χ1v) is 9.90. The van der Waals surface area contributed by atoms with Gasteiger partial charge in [0.2, 0.25) is 0 Å². The number of nitrogens with zero attached hydrogens (tertiary/aromatic N) is 5. The molecule has 8 heteroatoms. The highest BCUT2D eigenvalue weighted by Gasteiger charge is 2.28. The second kappa shape index (κ2) is 8.72. The molecule has 0 unspecified atom stereocenters. The maximum Gasteiger partial charge on any atom is 0.319 e. The Bertz CT molecular complexity index is 935. The van der Waals surface area contributed by atoms with Gasteiger partial charge in [-0.25, -0.2) is 9.48 Å². The number of hydrogen-bond donors (Lipinski definition) is 2.